The van der Waals surface area contributed by atoms with E-state index in [1.807, 2.05) is 0 Å². The van der Waals surface area contributed by atoms with E-state index in [9.17, 15) is 5.11 Å². The highest BCUT2D eigenvalue weighted by Gasteiger charge is 2.25. The molecule has 3 rings (SSSR count). The fourth-order valence-corrected chi connectivity index (χ4v) is 3.46. The Morgan fingerprint density at radius 1 is 0.833 bits per heavy atom. The second-order valence-corrected chi connectivity index (χ2v) is 6.11. The van der Waals surface area contributed by atoms with Crippen molar-refractivity contribution < 1.29 is 5.11 Å². The van der Waals surface area contributed by atoms with Gasteiger partial charge in [0.1, 0.15) is 0 Å². The van der Waals surface area contributed by atoms with E-state index in [-0.39, 0.29) is 6.10 Å². The van der Waals surface area contributed by atoms with Gasteiger partial charge in [-0.05, 0) is 42.7 Å². The minimum absolute atomic E-state index is 0.121. The molecule has 1 heteroatoms. The standard InChI is InChI=1S/C17H24O/c18-17-11-3-1-2-10-16(17)15-9-5-8-14(12-15)13-6-4-7-13/h5,8-9,12-13,16-18H,1-4,6-7,10-11H2. The van der Waals surface area contributed by atoms with Gasteiger partial charge < -0.3 is 5.11 Å². The van der Waals surface area contributed by atoms with Crippen LogP contribution in [0.25, 0.3) is 0 Å². The van der Waals surface area contributed by atoms with E-state index in [4.69, 9.17) is 0 Å². The van der Waals surface area contributed by atoms with Gasteiger partial charge in [-0.3, -0.25) is 0 Å². The molecule has 1 aromatic carbocycles. The molecule has 1 aromatic rings. The first-order valence-corrected chi connectivity index (χ1v) is 7.62. The first-order valence-electron chi connectivity index (χ1n) is 7.62. The maximum Gasteiger partial charge on any atom is 0.0608 e. The second-order valence-electron chi connectivity index (χ2n) is 6.11. The molecule has 2 unspecified atom stereocenters. The molecule has 0 spiro atoms. The summed E-state index contributed by atoms with van der Waals surface area (Å²) in [5, 5.41) is 10.3. The van der Waals surface area contributed by atoms with Crippen molar-refractivity contribution in [1.29, 1.82) is 0 Å². The molecule has 0 heterocycles. The second kappa shape index (κ2) is 5.44. The molecule has 0 aliphatic heterocycles. The molecule has 0 amide bonds. The lowest BCUT2D eigenvalue weighted by Gasteiger charge is -2.28. The largest absolute Gasteiger partial charge is 0.392 e. The molecule has 18 heavy (non-hydrogen) atoms. The van der Waals surface area contributed by atoms with Gasteiger partial charge in [-0.15, -0.1) is 0 Å². The Kier molecular flexibility index (Phi) is 3.69. The average Bonchev–Trinajstić information content (AvgIpc) is 2.52. The first-order chi connectivity index (χ1) is 8.84. The van der Waals surface area contributed by atoms with E-state index in [2.05, 4.69) is 24.3 Å². The summed E-state index contributed by atoms with van der Waals surface area (Å²) in [6, 6.07) is 9.07. The molecule has 0 bridgehead atoms. The van der Waals surface area contributed by atoms with Crippen LogP contribution in [-0.2, 0) is 0 Å². The Morgan fingerprint density at radius 2 is 1.61 bits per heavy atom. The van der Waals surface area contributed by atoms with E-state index < -0.39 is 0 Å². The van der Waals surface area contributed by atoms with Gasteiger partial charge in [-0.1, -0.05) is 49.9 Å². The lowest BCUT2D eigenvalue weighted by molar-refractivity contribution is 0.135. The Morgan fingerprint density at radius 3 is 2.39 bits per heavy atom. The number of benzene rings is 1. The minimum Gasteiger partial charge on any atom is -0.392 e. The molecule has 0 radical (unpaired) electrons. The third-order valence-electron chi connectivity index (χ3n) is 4.89. The van der Waals surface area contributed by atoms with Crippen molar-refractivity contribution in [2.24, 2.45) is 0 Å². The van der Waals surface area contributed by atoms with Crippen LogP contribution in [0.4, 0.5) is 0 Å². The summed E-state index contributed by atoms with van der Waals surface area (Å²) < 4.78 is 0. The Hall–Kier alpha value is -0.820. The fourth-order valence-electron chi connectivity index (χ4n) is 3.46. The highest BCUT2D eigenvalue weighted by Crippen LogP contribution is 2.38. The van der Waals surface area contributed by atoms with E-state index in [0.717, 1.165) is 18.8 Å². The zero-order valence-corrected chi connectivity index (χ0v) is 11.1. The molecule has 0 aromatic heterocycles. The third kappa shape index (κ3) is 2.47. The quantitative estimate of drug-likeness (QED) is 0.766. The van der Waals surface area contributed by atoms with Gasteiger partial charge in [0, 0.05) is 5.92 Å². The zero-order chi connectivity index (χ0) is 12.4. The molecule has 2 aliphatic rings. The van der Waals surface area contributed by atoms with E-state index >= 15 is 0 Å². The first kappa shape index (κ1) is 12.2. The number of hydrogen-bond acceptors (Lipinski definition) is 1. The molecule has 2 atom stereocenters. The maximum atomic E-state index is 10.3. The van der Waals surface area contributed by atoms with Gasteiger partial charge in [0.25, 0.3) is 0 Å². The van der Waals surface area contributed by atoms with Crippen molar-refractivity contribution in [3.63, 3.8) is 0 Å². The molecule has 1 nitrogen and oxygen atoms in total. The monoisotopic (exact) mass is 244 g/mol. The molecule has 2 fully saturated rings. The summed E-state index contributed by atoms with van der Waals surface area (Å²) in [7, 11) is 0. The Labute approximate surface area is 110 Å². The molecule has 2 saturated carbocycles. The van der Waals surface area contributed by atoms with Crippen LogP contribution < -0.4 is 0 Å². The molecular formula is C17H24O. The van der Waals surface area contributed by atoms with Crippen molar-refractivity contribution >= 4 is 0 Å². The topological polar surface area (TPSA) is 20.2 Å². The van der Waals surface area contributed by atoms with Gasteiger partial charge in [0.15, 0.2) is 0 Å². The van der Waals surface area contributed by atoms with E-state index in [1.54, 1.807) is 0 Å². The van der Waals surface area contributed by atoms with Crippen molar-refractivity contribution in [3.05, 3.63) is 35.4 Å². The molecule has 0 saturated heterocycles. The highest BCUT2D eigenvalue weighted by atomic mass is 16.3. The normalized spacial score (nSPS) is 29.6. The maximum absolute atomic E-state index is 10.3. The van der Waals surface area contributed by atoms with Crippen LogP contribution in [0, 0.1) is 0 Å². The predicted octanol–water partition coefficient (Wildman–Crippen LogP) is 4.36. The fraction of sp³-hybridized carbons (Fsp3) is 0.647. The Bertz CT molecular complexity index is 394. The SMILES string of the molecule is OC1CCCCCC1c1cccc(C2CCC2)c1. The van der Waals surface area contributed by atoms with Gasteiger partial charge in [0.2, 0.25) is 0 Å². The lowest BCUT2D eigenvalue weighted by atomic mass is 9.78. The summed E-state index contributed by atoms with van der Waals surface area (Å²) in [6.45, 7) is 0. The average molecular weight is 244 g/mol. The molecular weight excluding hydrogens is 220 g/mol. The van der Waals surface area contributed by atoms with Crippen LogP contribution in [0.2, 0.25) is 0 Å². The minimum atomic E-state index is -0.121. The van der Waals surface area contributed by atoms with Crippen LogP contribution in [0.1, 0.15) is 74.3 Å². The molecule has 1 N–H and O–H groups in total. The Balaban J connectivity index is 1.81. The summed E-state index contributed by atoms with van der Waals surface area (Å²) in [5.74, 6) is 1.18. The summed E-state index contributed by atoms with van der Waals surface area (Å²) in [4.78, 5) is 0. The number of hydrogen-bond donors (Lipinski definition) is 1. The number of aliphatic hydroxyl groups is 1. The van der Waals surface area contributed by atoms with Gasteiger partial charge in [-0.25, -0.2) is 0 Å². The third-order valence-corrected chi connectivity index (χ3v) is 4.89. The van der Waals surface area contributed by atoms with E-state index in [1.165, 1.54) is 49.7 Å². The van der Waals surface area contributed by atoms with E-state index in [0.29, 0.717) is 5.92 Å². The smallest absolute Gasteiger partial charge is 0.0608 e. The lowest BCUT2D eigenvalue weighted by Crippen LogP contribution is -2.17. The van der Waals surface area contributed by atoms with Gasteiger partial charge in [-0.2, -0.15) is 0 Å². The number of rotatable bonds is 2. The van der Waals surface area contributed by atoms with Crippen LogP contribution in [0.15, 0.2) is 24.3 Å². The summed E-state index contributed by atoms with van der Waals surface area (Å²) >= 11 is 0. The van der Waals surface area contributed by atoms with Crippen LogP contribution in [-0.4, -0.2) is 11.2 Å². The van der Waals surface area contributed by atoms with Crippen LogP contribution in [0.3, 0.4) is 0 Å². The summed E-state index contributed by atoms with van der Waals surface area (Å²) in [6.07, 6.45) is 9.89. The van der Waals surface area contributed by atoms with Gasteiger partial charge in [0.05, 0.1) is 6.10 Å². The predicted molar refractivity (Wildman–Crippen MR) is 74.9 cm³/mol. The van der Waals surface area contributed by atoms with Crippen molar-refractivity contribution in [2.75, 3.05) is 0 Å². The summed E-state index contributed by atoms with van der Waals surface area (Å²) in [5.41, 5.74) is 2.89. The molecule has 98 valence electrons. The van der Waals surface area contributed by atoms with Crippen molar-refractivity contribution in [1.82, 2.24) is 0 Å². The van der Waals surface area contributed by atoms with Crippen molar-refractivity contribution in [2.45, 2.75) is 69.3 Å². The van der Waals surface area contributed by atoms with Crippen LogP contribution in [0.5, 0.6) is 0 Å². The zero-order valence-electron chi connectivity index (χ0n) is 11.1. The van der Waals surface area contributed by atoms with Crippen LogP contribution >= 0.6 is 0 Å². The highest BCUT2D eigenvalue weighted by molar-refractivity contribution is 5.30. The number of aliphatic hydroxyl groups excluding tert-OH is 1. The molecule has 2 aliphatic carbocycles. The van der Waals surface area contributed by atoms with Crippen molar-refractivity contribution in [3.8, 4) is 0 Å². The van der Waals surface area contributed by atoms with Gasteiger partial charge >= 0.3 is 0 Å².